The number of hydrogen-bond acceptors (Lipinski definition) is 2. The summed E-state index contributed by atoms with van der Waals surface area (Å²) >= 11 is 3.40. The van der Waals surface area contributed by atoms with E-state index in [1.807, 2.05) is 24.3 Å². The molecule has 2 aromatic rings. The highest BCUT2D eigenvalue weighted by Gasteiger charge is 1.97. The van der Waals surface area contributed by atoms with Crippen LogP contribution >= 0.6 is 15.9 Å². The minimum absolute atomic E-state index is 0.381. The molecule has 0 N–H and O–H groups in total. The monoisotopic (exact) mass is 249 g/mol. The Morgan fingerprint density at radius 3 is 2.93 bits per heavy atom. The van der Waals surface area contributed by atoms with E-state index in [2.05, 4.69) is 20.9 Å². The van der Waals surface area contributed by atoms with Crippen molar-refractivity contribution in [1.82, 2.24) is 4.98 Å². The molecule has 2 nitrogen and oxygen atoms in total. The smallest absolute Gasteiger partial charge is 0.125 e. The first-order valence-corrected chi connectivity index (χ1v) is 5.07. The van der Waals surface area contributed by atoms with E-state index in [9.17, 15) is 4.79 Å². The molecule has 1 aromatic carbocycles. The van der Waals surface area contributed by atoms with Crippen molar-refractivity contribution in [2.45, 2.75) is 6.42 Å². The van der Waals surface area contributed by atoms with Crippen LogP contribution in [0.15, 0.2) is 34.9 Å². The fraction of sp³-hybridized carbons (Fsp3) is 0.0909. The molecule has 0 spiro atoms. The third-order valence-electron chi connectivity index (χ3n) is 2.03. The van der Waals surface area contributed by atoms with Gasteiger partial charge in [-0.25, -0.2) is 0 Å². The number of fused-ring (bicyclic) bond motifs is 1. The predicted molar refractivity (Wildman–Crippen MR) is 59.2 cm³/mol. The minimum atomic E-state index is 0.381. The minimum Gasteiger partial charge on any atom is -0.303 e. The first kappa shape index (κ1) is 9.34. The fourth-order valence-corrected chi connectivity index (χ4v) is 1.73. The SMILES string of the molecule is O=CCc1cc2ccc(Br)cc2cn1. The Balaban J connectivity index is 2.55. The molecule has 3 heteroatoms. The second kappa shape index (κ2) is 3.88. The van der Waals surface area contributed by atoms with Crippen molar-refractivity contribution < 1.29 is 4.79 Å². The van der Waals surface area contributed by atoms with Crippen molar-refractivity contribution in [3.8, 4) is 0 Å². The van der Waals surface area contributed by atoms with E-state index in [1.165, 1.54) is 0 Å². The van der Waals surface area contributed by atoms with Gasteiger partial charge in [0.15, 0.2) is 0 Å². The van der Waals surface area contributed by atoms with Gasteiger partial charge < -0.3 is 4.79 Å². The van der Waals surface area contributed by atoms with Crippen molar-refractivity contribution >= 4 is 33.0 Å². The summed E-state index contributed by atoms with van der Waals surface area (Å²) in [5.74, 6) is 0. The van der Waals surface area contributed by atoms with Crippen LogP contribution in [-0.2, 0) is 11.2 Å². The molecule has 0 radical (unpaired) electrons. The highest BCUT2D eigenvalue weighted by Crippen LogP contribution is 2.19. The summed E-state index contributed by atoms with van der Waals surface area (Å²) in [6.07, 6.45) is 3.04. The molecule has 0 aliphatic heterocycles. The van der Waals surface area contributed by atoms with Gasteiger partial charge in [-0.1, -0.05) is 22.0 Å². The lowest BCUT2D eigenvalue weighted by Gasteiger charge is -2.00. The summed E-state index contributed by atoms with van der Waals surface area (Å²) < 4.78 is 1.04. The van der Waals surface area contributed by atoms with Crippen molar-refractivity contribution in [1.29, 1.82) is 0 Å². The van der Waals surface area contributed by atoms with Crippen LogP contribution in [0, 0.1) is 0 Å². The van der Waals surface area contributed by atoms with Gasteiger partial charge in [-0.3, -0.25) is 4.98 Å². The average Bonchev–Trinajstić information content (AvgIpc) is 2.19. The zero-order chi connectivity index (χ0) is 9.97. The third-order valence-corrected chi connectivity index (χ3v) is 2.53. The Labute approximate surface area is 90.1 Å². The lowest BCUT2D eigenvalue weighted by atomic mass is 10.1. The molecule has 0 aliphatic carbocycles. The molecule has 0 atom stereocenters. The van der Waals surface area contributed by atoms with Crippen molar-refractivity contribution in [3.63, 3.8) is 0 Å². The summed E-state index contributed by atoms with van der Waals surface area (Å²) in [5.41, 5.74) is 0.815. The van der Waals surface area contributed by atoms with Gasteiger partial charge >= 0.3 is 0 Å². The van der Waals surface area contributed by atoms with Crippen molar-refractivity contribution in [2.75, 3.05) is 0 Å². The maximum Gasteiger partial charge on any atom is 0.125 e. The standard InChI is InChI=1S/C11H8BrNO/c12-10-2-1-8-6-11(3-4-14)13-7-9(8)5-10/h1-2,4-7H,3H2. The van der Waals surface area contributed by atoms with Gasteiger partial charge in [0.25, 0.3) is 0 Å². The van der Waals surface area contributed by atoms with Gasteiger partial charge in [-0.05, 0) is 23.6 Å². The number of carbonyl (C=O) groups excluding carboxylic acids is 1. The Morgan fingerprint density at radius 1 is 1.29 bits per heavy atom. The van der Waals surface area contributed by atoms with Gasteiger partial charge in [0.1, 0.15) is 6.29 Å². The lowest BCUT2D eigenvalue weighted by Crippen LogP contribution is -1.90. The molecule has 2 rings (SSSR count). The second-order valence-corrected chi connectivity index (χ2v) is 3.95. The number of hydrogen-bond donors (Lipinski definition) is 0. The van der Waals surface area contributed by atoms with Crippen LogP contribution in [0.1, 0.15) is 5.69 Å². The molecule has 0 unspecified atom stereocenters. The molecule has 14 heavy (non-hydrogen) atoms. The summed E-state index contributed by atoms with van der Waals surface area (Å²) in [7, 11) is 0. The maximum atomic E-state index is 10.3. The highest BCUT2D eigenvalue weighted by molar-refractivity contribution is 9.10. The zero-order valence-corrected chi connectivity index (χ0v) is 8.99. The largest absolute Gasteiger partial charge is 0.303 e. The second-order valence-electron chi connectivity index (χ2n) is 3.04. The van der Waals surface area contributed by atoms with Crippen LogP contribution in [0.25, 0.3) is 10.8 Å². The molecular weight excluding hydrogens is 242 g/mol. The lowest BCUT2D eigenvalue weighted by molar-refractivity contribution is -0.107. The Morgan fingerprint density at radius 2 is 2.14 bits per heavy atom. The zero-order valence-electron chi connectivity index (χ0n) is 7.40. The van der Waals surface area contributed by atoms with Crippen LogP contribution in [0.2, 0.25) is 0 Å². The van der Waals surface area contributed by atoms with Crippen LogP contribution in [0.5, 0.6) is 0 Å². The summed E-state index contributed by atoms with van der Waals surface area (Å²) in [6, 6.07) is 7.94. The van der Waals surface area contributed by atoms with E-state index >= 15 is 0 Å². The molecule has 0 fully saturated rings. The normalized spacial score (nSPS) is 10.4. The van der Waals surface area contributed by atoms with Crippen LogP contribution in [0.4, 0.5) is 0 Å². The molecule has 70 valence electrons. The van der Waals surface area contributed by atoms with E-state index in [0.29, 0.717) is 6.42 Å². The van der Waals surface area contributed by atoms with E-state index in [0.717, 1.165) is 27.2 Å². The number of pyridine rings is 1. The third kappa shape index (κ3) is 1.82. The number of aromatic nitrogens is 1. The van der Waals surface area contributed by atoms with Crippen LogP contribution in [-0.4, -0.2) is 11.3 Å². The van der Waals surface area contributed by atoms with Crippen LogP contribution < -0.4 is 0 Å². The molecule has 0 aliphatic rings. The first-order chi connectivity index (χ1) is 6.79. The number of benzene rings is 1. The van der Waals surface area contributed by atoms with E-state index in [-0.39, 0.29) is 0 Å². The van der Waals surface area contributed by atoms with Crippen molar-refractivity contribution in [3.05, 3.63) is 40.6 Å². The molecule has 0 amide bonds. The Kier molecular flexibility index (Phi) is 2.59. The van der Waals surface area contributed by atoms with E-state index in [4.69, 9.17) is 0 Å². The van der Waals surface area contributed by atoms with Gasteiger partial charge in [0, 0.05) is 28.2 Å². The van der Waals surface area contributed by atoms with Gasteiger partial charge in [0.05, 0.1) is 0 Å². The summed E-state index contributed by atoms with van der Waals surface area (Å²) in [6.45, 7) is 0. The number of halogens is 1. The quantitative estimate of drug-likeness (QED) is 0.767. The highest BCUT2D eigenvalue weighted by atomic mass is 79.9. The maximum absolute atomic E-state index is 10.3. The molecule has 0 bridgehead atoms. The Hall–Kier alpha value is -1.22. The average molecular weight is 250 g/mol. The number of rotatable bonds is 2. The van der Waals surface area contributed by atoms with Gasteiger partial charge in [0.2, 0.25) is 0 Å². The molecule has 0 saturated heterocycles. The van der Waals surface area contributed by atoms with E-state index in [1.54, 1.807) is 6.20 Å². The van der Waals surface area contributed by atoms with E-state index < -0.39 is 0 Å². The number of nitrogens with zero attached hydrogens (tertiary/aromatic N) is 1. The number of carbonyl (C=O) groups is 1. The predicted octanol–water partition coefficient (Wildman–Crippen LogP) is 2.74. The first-order valence-electron chi connectivity index (χ1n) is 4.27. The van der Waals surface area contributed by atoms with Gasteiger partial charge in [-0.15, -0.1) is 0 Å². The summed E-state index contributed by atoms with van der Waals surface area (Å²) in [5, 5.41) is 2.19. The van der Waals surface area contributed by atoms with Crippen molar-refractivity contribution in [2.24, 2.45) is 0 Å². The van der Waals surface area contributed by atoms with Crippen LogP contribution in [0.3, 0.4) is 0 Å². The molecule has 1 aromatic heterocycles. The Bertz CT molecular complexity index is 482. The molecular formula is C11H8BrNO. The summed E-state index contributed by atoms with van der Waals surface area (Å²) in [4.78, 5) is 14.5. The topological polar surface area (TPSA) is 30.0 Å². The molecule has 0 saturated carbocycles. The number of aldehydes is 1. The van der Waals surface area contributed by atoms with Gasteiger partial charge in [-0.2, -0.15) is 0 Å². The molecule has 1 heterocycles. The fourth-order valence-electron chi connectivity index (χ4n) is 1.36.